The Morgan fingerprint density at radius 2 is 1.52 bits per heavy atom. The number of carbonyl (C=O) groups excluding carboxylic acids is 4. The minimum absolute atomic E-state index is 0. The largest absolute Gasteiger partial charge is 2.00 e. The summed E-state index contributed by atoms with van der Waals surface area (Å²) in [5.74, 6) is -2.90. The summed E-state index contributed by atoms with van der Waals surface area (Å²) < 4.78 is 0. The monoisotopic (exact) mass is 491 g/mol. The molecule has 0 spiro atoms. The minimum Gasteiger partial charge on any atom is -0.550 e. The molecule has 1 aromatic heterocycles. The van der Waals surface area contributed by atoms with E-state index in [9.17, 15) is 9.59 Å². The van der Waals surface area contributed by atoms with Crippen LogP contribution in [0.1, 0.15) is 24.2 Å². The van der Waals surface area contributed by atoms with E-state index >= 15 is 0 Å². The maximum absolute atomic E-state index is 11.7. The van der Waals surface area contributed by atoms with Crippen LogP contribution in [0, 0.1) is 0 Å². The predicted molar refractivity (Wildman–Crippen MR) is 97.2 cm³/mol. The van der Waals surface area contributed by atoms with Crippen molar-refractivity contribution in [3.05, 3.63) is 64.1 Å². The number of halogens is 2. The number of amides is 1. The third-order valence-corrected chi connectivity index (χ3v) is 2.89. The van der Waals surface area contributed by atoms with Crippen molar-refractivity contribution >= 4 is 46.8 Å². The van der Waals surface area contributed by atoms with Crippen LogP contribution in [0.25, 0.3) is 0 Å². The van der Waals surface area contributed by atoms with Gasteiger partial charge in [-0.25, -0.2) is 0 Å². The first kappa shape index (κ1) is 28.7. The van der Waals surface area contributed by atoms with E-state index in [1.54, 1.807) is 12.1 Å². The molecule has 0 aromatic carbocycles. The van der Waals surface area contributed by atoms with Crippen LogP contribution in [0.15, 0.2) is 58.5 Å². The summed E-state index contributed by atoms with van der Waals surface area (Å²) in [7, 11) is 0. The van der Waals surface area contributed by atoms with Crippen LogP contribution in [-0.4, -0.2) is 28.6 Å². The molecule has 150 valence electrons. The number of Topliss-reactive ketones (excluding diaryl/α,β-unsaturated/α-hetero) is 1. The summed E-state index contributed by atoms with van der Waals surface area (Å²) in [5.41, 5.74) is 5.63. The Bertz CT molecular complexity index is 806. The molecule has 1 aromatic rings. The van der Waals surface area contributed by atoms with Gasteiger partial charge in [0.15, 0.2) is 0 Å². The maximum atomic E-state index is 11.7. The van der Waals surface area contributed by atoms with Gasteiger partial charge >= 0.3 is 19.5 Å². The van der Waals surface area contributed by atoms with E-state index in [1.165, 1.54) is 30.7 Å². The first-order valence-corrected chi connectivity index (χ1v) is 8.10. The van der Waals surface area contributed by atoms with Gasteiger partial charge in [-0.3, -0.25) is 20.0 Å². The van der Waals surface area contributed by atoms with E-state index in [0.717, 1.165) is 13.8 Å². The number of aliphatic carboxylic acids is 2. The molecule has 0 saturated carbocycles. The Hall–Kier alpha value is -2.55. The van der Waals surface area contributed by atoms with Crippen LogP contribution in [0.4, 0.5) is 0 Å². The third-order valence-electron chi connectivity index (χ3n) is 2.39. The molecule has 12 heteroatoms. The summed E-state index contributed by atoms with van der Waals surface area (Å²) >= 11 is 11.5. The van der Waals surface area contributed by atoms with E-state index < -0.39 is 11.9 Å². The van der Waals surface area contributed by atoms with Crippen LogP contribution in [-0.2, 0) is 33.9 Å². The molecule has 1 aliphatic carbocycles. The van der Waals surface area contributed by atoms with Crippen molar-refractivity contribution in [2.75, 3.05) is 0 Å². The van der Waals surface area contributed by atoms with Crippen molar-refractivity contribution in [1.29, 1.82) is 0 Å². The number of aromatic nitrogens is 1. The van der Waals surface area contributed by atoms with Crippen molar-refractivity contribution in [3.8, 4) is 0 Å². The number of allylic oxidation sites excluding steroid dienone is 5. The van der Waals surface area contributed by atoms with E-state index in [4.69, 9.17) is 43.0 Å². The molecular weight excluding hydrogens is 478 g/mol. The van der Waals surface area contributed by atoms with Gasteiger partial charge in [0, 0.05) is 46.7 Å². The van der Waals surface area contributed by atoms with Gasteiger partial charge in [0.1, 0.15) is 0 Å². The molecule has 0 bridgehead atoms. The molecule has 9 nitrogen and oxygen atoms in total. The Balaban J connectivity index is 0. The van der Waals surface area contributed by atoms with Gasteiger partial charge in [-0.05, 0) is 38.1 Å². The van der Waals surface area contributed by atoms with Crippen LogP contribution < -0.4 is 21.1 Å². The molecule has 1 amide bonds. The quantitative estimate of drug-likeness (QED) is 0.326. The van der Waals surface area contributed by atoms with Crippen molar-refractivity contribution in [2.24, 2.45) is 0 Å². The Kier molecular flexibility index (Phi) is 15.2. The van der Waals surface area contributed by atoms with Gasteiger partial charge in [0.2, 0.25) is 5.78 Å². The minimum atomic E-state index is -1.08. The normalized spacial score (nSPS) is 13.1. The number of hydrogen-bond donors (Lipinski definition) is 2. The number of pyridine rings is 1. The number of carbonyl (C=O) groups is 4. The standard InChI is InChI=1S/C13H9Cl2N3O2.2C2H4O2.Zn/c14-10-5-9(12(19)11(15)6-10)7-17-18-13(20)8-1-3-16-4-2-8;2*1-2(3)4;/h1-7,17H,(H,18,20);2*1H3,(H,3,4);/q;;;+2/p-2/b9-7-;;;. The van der Waals surface area contributed by atoms with Crippen LogP contribution in [0.3, 0.4) is 0 Å². The van der Waals surface area contributed by atoms with Crippen molar-refractivity contribution in [3.63, 3.8) is 0 Å². The zero-order valence-electron chi connectivity index (χ0n) is 15.4. The molecule has 2 N–H and O–H groups in total. The second-order valence-electron chi connectivity index (χ2n) is 4.77. The number of carboxylic acid groups (broad SMARTS) is 2. The summed E-state index contributed by atoms with van der Waals surface area (Å²) in [4.78, 5) is 45.0. The molecule has 0 aliphatic heterocycles. The zero-order chi connectivity index (χ0) is 21.7. The topological polar surface area (TPSA) is 151 Å². The molecule has 1 heterocycles. The van der Waals surface area contributed by atoms with Crippen LogP contribution in [0.2, 0.25) is 0 Å². The van der Waals surface area contributed by atoms with Gasteiger partial charge < -0.3 is 25.2 Å². The zero-order valence-corrected chi connectivity index (χ0v) is 19.9. The van der Waals surface area contributed by atoms with Gasteiger partial charge in [0.05, 0.1) is 5.03 Å². The first-order chi connectivity index (χ1) is 13.0. The van der Waals surface area contributed by atoms with E-state index in [-0.39, 0.29) is 41.8 Å². The number of rotatable bonds is 3. The third kappa shape index (κ3) is 14.2. The van der Waals surface area contributed by atoms with Crippen LogP contribution >= 0.6 is 23.2 Å². The fourth-order valence-electron chi connectivity index (χ4n) is 1.44. The fraction of sp³-hybridized carbons (Fsp3) is 0.118. The maximum Gasteiger partial charge on any atom is 2.00 e. The molecule has 0 unspecified atom stereocenters. The second kappa shape index (κ2) is 15.4. The molecule has 0 radical (unpaired) electrons. The second-order valence-corrected chi connectivity index (χ2v) is 5.61. The molecule has 2 rings (SSSR count). The molecule has 0 fully saturated rings. The predicted octanol–water partition coefficient (Wildman–Crippen LogP) is -0.462. The number of nitrogens with one attached hydrogen (secondary N) is 2. The molecule has 0 atom stereocenters. The van der Waals surface area contributed by atoms with Gasteiger partial charge in [-0.1, -0.05) is 23.2 Å². The van der Waals surface area contributed by atoms with Crippen molar-refractivity contribution in [2.45, 2.75) is 13.8 Å². The molecule has 1 aliphatic rings. The number of hydrazine groups is 1. The summed E-state index contributed by atoms with van der Waals surface area (Å²) in [6.45, 7) is 1.94. The molecule has 0 saturated heterocycles. The van der Waals surface area contributed by atoms with Crippen molar-refractivity contribution < 1.29 is 48.9 Å². The molecular formula is C17H15Cl2N3O6Zn. The summed E-state index contributed by atoms with van der Waals surface area (Å²) in [5, 5.41) is 18.1. The Morgan fingerprint density at radius 3 is 2.00 bits per heavy atom. The van der Waals surface area contributed by atoms with Gasteiger partial charge in [0.25, 0.3) is 5.91 Å². The smallest absolute Gasteiger partial charge is 0.550 e. The van der Waals surface area contributed by atoms with Crippen molar-refractivity contribution in [1.82, 2.24) is 15.8 Å². The fourth-order valence-corrected chi connectivity index (χ4v) is 1.95. The van der Waals surface area contributed by atoms with E-state index in [1.807, 2.05) is 0 Å². The van der Waals surface area contributed by atoms with Gasteiger partial charge in [-0.15, -0.1) is 0 Å². The van der Waals surface area contributed by atoms with Gasteiger partial charge in [-0.2, -0.15) is 0 Å². The Labute approximate surface area is 189 Å². The van der Waals surface area contributed by atoms with Crippen LogP contribution in [0.5, 0.6) is 0 Å². The van der Waals surface area contributed by atoms with E-state index in [0.29, 0.717) is 10.6 Å². The number of hydrogen-bond acceptors (Lipinski definition) is 8. The molecule has 29 heavy (non-hydrogen) atoms. The average Bonchev–Trinajstić information content (AvgIpc) is 2.58. The summed E-state index contributed by atoms with van der Waals surface area (Å²) in [6, 6.07) is 3.12. The first-order valence-electron chi connectivity index (χ1n) is 7.35. The number of ketones is 1. The number of carboxylic acids is 2. The average molecular weight is 494 g/mol. The summed E-state index contributed by atoms with van der Waals surface area (Å²) in [6.07, 6.45) is 7.13. The van der Waals surface area contributed by atoms with E-state index in [2.05, 4.69) is 15.8 Å². The Morgan fingerprint density at radius 1 is 1.03 bits per heavy atom. The SMILES string of the molecule is CC(=O)[O-].CC(=O)[O-].O=C1C(Cl)=CC(Cl)=C/C1=C/NNC(=O)c1ccncc1.[Zn+2]. The number of nitrogens with zero attached hydrogens (tertiary/aromatic N) is 1.